The number of rotatable bonds is 4. The molecular weight excluding hydrogens is 332 g/mol. The fraction of sp³-hybridized carbons (Fsp3) is 0.294. The van der Waals surface area contributed by atoms with Gasteiger partial charge in [-0.2, -0.15) is 20.1 Å². The van der Waals surface area contributed by atoms with Gasteiger partial charge in [-0.25, -0.2) is 4.68 Å². The van der Waals surface area contributed by atoms with Gasteiger partial charge in [0.25, 0.3) is 6.01 Å². The number of hydrogen-bond donors (Lipinski definition) is 3. The summed E-state index contributed by atoms with van der Waals surface area (Å²) in [7, 11) is 0. The molecule has 0 radical (unpaired) electrons. The molecule has 0 spiro atoms. The van der Waals surface area contributed by atoms with Crippen LogP contribution in [0.4, 0.5) is 17.8 Å². The molecule has 0 aliphatic heterocycles. The van der Waals surface area contributed by atoms with E-state index < -0.39 is 0 Å². The van der Waals surface area contributed by atoms with E-state index in [4.69, 9.17) is 26.7 Å². The number of hydrogen-bond acceptors (Lipinski definition) is 8. The van der Waals surface area contributed by atoms with Crippen molar-refractivity contribution in [2.45, 2.75) is 26.8 Å². The van der Waals surface area contributed by atoms with Gasteiger partial charge >= 0.3 is 0 Å². The Balaban J connectivity index is 1.92. The van der Waals surface area contributed by atoms with Crippen LogP contribution in [-0.2, 0) is 6.54 Å². The third kappa shape index (κ3) is 2.67. The van der Waals surface area contributed by atoms with Crippen LogP contribution in [0.1, 0.15) is 20.3 Å². The van der Waals surface area contributed by atoms with Crippen LogP contribution in [0.3, 0.4) is 0 Å². The van der Waals surface area contributed by atoms with Crippen molar-refractivity contribution in [1.82, 2.24) is 24.7 Å². The SMILES string of the molecule is CC(C)CCn1nc(-c2ccc3oc(N)nc3c2)c2c(N)nc(N)nc21. The normalized spacial score (nSPS) is 11.8. The molecule has 0 bridgehead atoms. The highest BCUT2D eigenvalue weighted by Crippen LogP contribution is 2.33. The molecule has 0 fully saturated rings. The molecule has 26 heavy (non-hydrogen) atoms. The summed E-state index contributed by atoms with van der Waals surface area (Å²) in [5.74, 6) is 0.966. The number of nitrogens with two attached hydrogens (primary N) is 3. The third-order valence-electron chi connectivity index (χ3n) is 4.23. The maximum atomic E-state index is 6.14. The number of nitrogens with zero attached hydrogens (tertiary/aromatic N) is 5. The zero-order chi connectivity index (χ0) is 18.4. The van der Waals surface area contributed by atoms with Crippen molar-refractivity contribution in [3.63, 3.8) is 0 Å². The van der Waals surface area contributed by atoms with Crippen molar-refractivity contribution in [3.05, 3.63) is 18.2 Å². The van der Waals surface area contributed by atoms with Crippen LogP contribution in [0.2, 0.25) is 0 Å². The van der Waals surface area contributed by atoms with Gasteiger partial charge in [-0.05, 0) is 30.5 Å². The lowest BCUT2D eigenvalue weighted by Crippen LogP contribution is -2.06. The lowest BCUT2D eigenvalue weighted by molar-refractivity contribution is 0.495. The van der Waals surface area contributed by atoms with Crippen LogP contribution in [0.5, 0.6) is 0 Å². The van der Waals surface area contributed by atoms with Gasteiger partial charge in [0.05, 0.1) is 5.39 Å². The highest BCUT2D eigenvalue weighted by Gasteiger charge is 2.19. The van der Waals surface area contributed by atoms with E-state index in [2.05, 4.69) is 28.8 Å². The lowest BCUT2D eigenvalue weighted by Gasteiger charge is -2.05. The van der Waals surface area contributed by atoms with E-state index >= 15 is 0 Å². The molecular formula is C17H20N8O. The maximum Gasteiger partial charge on any atom is 0.292 e. The van der Waals surface area contributed by atoms with Crippen molar-refractivity contribution >= 4 is 39.9 Å². The number of nitrogen functional groups attached to an aromatic ring is 3. The Bertz CT molecular complexity index is 1110. The molecule has 0 saturated heterocycles. The Morgan fingerprint density at radius 3 is 2.69 bits per heavy atom. The van der Waals surface area contributed by atoms with E-state index in [1.54, 1.807) is 6.07 Å². The number of aromatic nitrogens is 5. The molecule has 9 heteroatoms. The molecule has 0 atom stereocenters. The predicted octanol–water partition coefficient (Wildman–Crippen LogP) is 2.43. The van der Waals surface area contributed by atoms with E-state index in [1.807, 2.05) is 16.8 Å². The minimum absolute atomic E-state index is 0.125. The second kappa shape index (κ2) is 5.87. The van der Waals surface area contributed by atoms with E-state index in [0.29, 0.717) is 46.1 Å². The predicted molar refractivity (Wildman–Crippen MR) is 101 cm³/mol. The highest BCUT2D eigenvalue weighted by molar-refractivity contribution is 6.00. The summed E-state index contributed by atoms with van der Waals surface area (Å²) in [6.45, 7) is 5.03. The number of oxazole rings is 1. The van der Waals surface area contributed by atoms with E-state index in [1.165, 1.54) is 0 Å². The molecule has 0 unspecified atom stereocenters. The van der Waals surface area contributed by atoms with Crippen LogP contribution in [-0.4, -0.2) is 24.7 Å². The molecule has 6 N–H and O–H groups in total. The first-order valence-electron chi connectivity index (χ1n) is 8.38. The third-order valence-corrected chi connectivity index (χ3v) is 4.23. The first-order chi connectivity index (χ1) is 12.4. The first-order valence-corrected chi connectivity index (χ1v) is 8.38. The molecule has 0 amide bonds. The summed E-state index contributed by atoms with van der Waals surface area (Å²) >= 11 is 0. The Morgan fingerprint density at radius 2 is 1.92 bits per heavy atom. The lowest BCUT2D eigenvalue weighted by atomic mass is 10.1. The number of aryl methyl sites for hydroxylation is 1. The van der Waals surface area contributed by atoms with Gasteiger partial charge in [-0.3, -0.25) is 0 Å². The van der Waals surface area contributed by atoms with Crippen LogP contribution < -0.4 is 17.2 Å². The molecule has 1 aromatic carbocycles. The second-order valence-corrected chi connectivity index (χ2v) is 6.65. The molecule has 3 aromatic heterocycles. The van der Waals surface area contributed by atoms with E-state index in [-0.39, 0.29) is 12.0 Å². The summed E-state index contributed by atoms with van der Waals surface area (Å²) < 4.78 is 7.16. The minimum atomic E-state index is 0.125. The van der Waals surface area contributed by atoms with Crippen LogP contribution in [0.15, 0.2) is 22.6 Å². The van der Waals surface area contributed by atoms with Crippen molar-refractivity contribution in [2.75, 3.05) is 17.2 Å². The second-order valence-electron chi connectivity index (χ2n) is 6.65. The molecule has 0 saturated carbocycles. The summed E-state index contributed by atoms with van der Waals surface area (Å²) in [5, 5.41) is 5.42. The Kier molecular flexibility index (Phi) is 3.64. The zero-order valence-corrected chi connectivity index (χ0v) is 14.6. The number of fused-ring (bicyclic) bond motifs is 2. The minimum Gasteiger partial charge on any atom is -0.424 e. The van der Waals surface area contributed by atoms with Crippen LogP contribution >= 0.6 is 0 Å². The topological polar surface area (TPSA) is 148 Å². The van der Waals surface area contributed by atoms with Gasteiger partial charge in [0.1, 0.15) is 17.0 Å². The molecule has 4 aromatic rings. The molecule has 134 valence electrons. The van der Waals surface area contributed by atoms with Crippen molar-refractivity contribution in [1.29, 1.82) is 0 Å². The average molecular weight is 352 g/mol. The molecule has 3 heterocycles. The van der Waals surface area contributed by atoms with E-state index in [0.717, 1.165) is 12.0 Å². The van der Waals surface area contributed by atoms with Gasteiger partial charge < -0.3 is 21.6 Å². The zero-order valence-electron chi connectivity index (χ0n) is 14.6. The fourth-order valence-electron chi connectivity index (χ4n) is 2.95. The van der Waals surface area contributed by atoms with Gasteiger partial charge in [0.15, 0.2) is 11.2 Å². The Hall–Kier alpha value is -3.36. The maximum absolute atomic E-state index is 6.14. The summed E-state index contributed by atoms with van der Waals surface area (Å²) in [6, 6.07) is 5.68. The van der Waals surface area contributed by atoms with Gasteiger partial charge in [-0.15, -0.1) is 0 Å². The van der Waals surface area contributed by atoms with Crippen LogP contribution in [0, 0.1) is 5.92 Å². The number of anilines is 3. The molecule has 9 nitrogen and oxygen atoms in total. The Labute approximate surface area is 149 Å². The van der Waals surface area contributed by atoms with Crippen molar-refractivity contribution in [2.24, 2.45) is 5.92 Å². The average Bonchev–Trinajstić information content (AvgIpc) is 3.11. The first kappa shape index (κ1) is 16.1. The smallest absolute Gasteiger partial charge is 0.292 e. The quantitative estimate of drug-likeness (QED) is 0.507. The summed E-state index contributed by atoms with van der Waals surface area (Å²) in [5.41, 5.74) is 21.0. The van der Waals surface area contributed by atoms with Gasteiger partial charge in [0, 0.05) is 12.1 Å². The monoisotopic (exact) mass is 352 g/mol. The largest absolute Gasteiger partial charge is 0.424 e. The molecule has 4 rings (SSSR count). The standard InChI is InChI=1S/C17H20N8O/c1-8(2)5-6-25-15-12(14(18)22-16(19)23-15)13(24-25)9-3-4-11-10(7-9)21-17(20)26-11/h3-4,7-8H,5-6H2,1-2H3,(H2,20,21)(H4,18,19,22,23). The molecule has 0 aliphatic carbocycles. The van der Waals surface area contributed by atoms with Crippen LogP contribution in [0.25, 0.3) is 33.4 Å². The molecule has 0 aliphatic rings. The van der Waals surface area contributed by atoms with Gasteiger partial charge in [-0.1, -0.05) is 13.8 Å². The Morgan fingerprint density at radius 1 is 1.12 bits per heavy atom. The summed E-state index contributed by atoms with van der Waals surface area (Å²) in [4.78, 5) is 12.6. The van der Waals surface area contributed by atoms with E-state index in [9.17, 15) is 0 Å². The highest BCUT2D eigenvalue weighted by atomic mass is 16.4. The summed E-state index contributed by atoms with van der Waals surface area (Å²) in [6.07, 6.45) is 0.957. The van der Waals surface area contributed by atoms with Gasteiger partial charge in [0.2, 0.25) is 5.95 Å². The van der Waals surface area contributed by atoms with Crippen molar-refractivity contribution in [3.8, 4) is 11.3 Å². The fourth-order valence-corrected chi connectivity index (χ4v) is 2.95. The van der Waals surface area contributed by atoms with Crippen molar-refractivity contribution < 1.29 is 4.42 Å². The number of benzene rings is 1.